The van der Waals surface area contributed by atoms with Gasteiger partial charge in [-0.1, -0.05) is 30.0 Å². The van der Waals surface area contributed by atoms with Gasteiger partial charge >= 0.3 is 0 Å². The zero-order chi connectivity index (χ0) is 17.9. The van der Waals surface area contributed by atoms with Crippen LogP contribution in [0.1, 0.15) is 12.5 Å². The van der Waals surface area contributed by atoms with Crippen LogP contribution in [0.5, 0.6) is 11.5 Å². The zero-order valence-electron chi connectivity index (χ0n) is 14.3. The Morgan fingerprint density at radius 3 is 2.88 bits per heavy atom. The van der Waals surface area contributed by atoms with E-state index in [1.54, 1.807) is 4.90 Å². The molecule has 0 atom stereocenters. The maximum absolute atomic E-state index is 12.6. The lowest BCUT2D eigenvalue weighted by Crippen LogP contribution is -2.31. The monoisotopic (exact) mass is 370 g/mol. The number of nitrogens with zero attached hydrogens (tertiary/aromatic N) is 2. The average molecular weight is 370 g/mol. The molecule has 2 aromatic carbocycles. The van der Waals surface area contributed by atoms with Crippen LogP contribution < -0.4 is 9.47 Å². The van der Waals surface area contributed by atoms with Crippen LogP contribution in [-0.4, -0.2) is 34.9 Å². The Labute approximate surface area is 155 Å². The number of benzene rings is 2. The molecular formula is C19H18N2O4S. The molecule has 4 rings (SSSR count). The van der Waals surface area contributed by atoms with Gasteiger partial charge in [0.1, 0.15) is 5.52 Å². The highest BCUT2D eigenvalue weighted by Crippen LogP contribution is 2.33. The molecule has 7 heteroatoms. The van der Waals surface area contributed by atoms with Crippen molar-refractivity contribution in [3.05, 3.63) is 48.0 Å². The van der Waals surface area contributed by atoms with E-state index in [9.17, 15) is 4.79 Å². The van der Waals surface area contributed by atoms with E-state index in [1.807, 2.05) is 49.4 Å². The number of fused-ring (bicyclic) bond motifs is 2. The standard InChI is InChI=1S/C19H18N2O4S/c1-2-21(10-13-7-8-16-17(9-13)24-12-23-16)18(22)11-26-19-20-14-5-3-4-6-15(14)25-19/h3-9H,2,10-12H2,1H3. The lowest BCUT2D eigenvalue weighted by atomic mass is 10.2. The summed E-state index contributed by atoms with van der Waals surface area (Å²) in [5.41, 5.74) is 2.54. The Morgan fingerprint density at radius 1 is 1.19 bits per heavy atom. The Hall–Kier alpha value is -2.67. The molecule has 26 heavy (non-hydrogen) atoms. The molecule has 1 aliphatic heterocycles. The van der Waals surface area contributed by atoms with Crippen molar-refractivity contribution in [2.75, 3.05) is 19.1 Å². The molecular weight excluding hydrogens is 352 g/mol. The predicted molar refractivity (Wildman–Crippen MR) is 98.4 cm³/mol. The van der Waals surface area contributed by atoms with Gasteiger partial charge in [-0.25, -0.2) is 4.98 Å². The highest BCUT2D eigenvalue weighted by molar-refractivity contribution is 7.99. The molecule has 0 fully saturated rings. The Balaban J connectivity index is 1.39. The quantitative estimate of drug-likeness (QED) is 0.617. The second kappa shape index (κ2) is 7.29. The van der Waals surface area contributed by atoms with E-state index >= 15 is 0 Å². The zero-order valence-corrected chi connectivity index (χ0v) is 15.1. The summed E-state index contributed by atoms with van der Waals surface area (Å²) in [6.45, 7) is 3.37. The summed E-state index contributed by atoms with van der Waals surface area (Å²) >= 11 is 1.31. The summed E-state index contributed by atoms with van der Waals surface area (Å²) in [7, 11) is 0. The molecule has 1 amide bonds. The summed E-state index contributed by atoms with van der Waals surface area (Å²) in [6, 6.07) is 13.3. The topological polar surface area (TPSA) is 64.8 Å². The molecule has 0 saturated carbocycles. The SMILES string of the molecule is CCN(Cc1ccc2c(c1)OCO2)C(=O)CSc1nc2ccccc2o1. The molecule has 0 saturated heterocycles. The number of carbonyl (C=O) groups excluding carboxylic acids is 1. The highest BCUT2D eigenvalue weighted by atomic mass is 32.2. The molecule has 0 radical (unpaired) electrons. The van der Waals surface area contributed by atoms with Gasteiger partial charge in [-0.05, 0) is 36.8 Å². The van der Waals surface area contributed by atoms with Crippen molar-refractivity contribution in [2.24, 2.45) is 0 Å². The number of ether oxygens (including phenoxy) is 2. The maximum atomic E-state index is 12.6. The minimum absolute atomic E-state index is 0.0393. The van der Waals surface area contributed by atoms with E-state index in [2.05, 4.69) is 4.98 Å². The summed E-state index contributed by atoms with van der Waals surface area (Å²) in [6.07, 6.45) is 0. The Morgan fingerprint density at radius 2 is 2.04 bits per heavy atom. The van der Waals surface area contributed by atoms with Gasteiger partial charge in [0.25, 0.3) is 5.22 Å². The number of hydrogen-bond donors (Lipinski definition) is 0. The van der Waals surface area contributed by atoms with Gasteiger partial charge in [-0.15, -0.1) is 0 Å². The van der Waals surface area contributed by atoms with Crippen molar-refractivity contribution in [1.29, 1.82) is 0 Å². The number of aromatic nitrogens is 1. The fraction of sp³-hybridized carbons (Fsp3) is 0.263. The Kier molecular flexibility index (Phi) is 4.71. The molecule has 1 aromatic heterocycles. The number of hydrogen-bond acceptors (Lipinski definition) is 6. The lowest BCUT2D eigenvalue weighted by molar-refractivity contribution is -0.128. The number of amides is 1. The highest BCUT2D eigenvalue weighted by Gasteiger charge is 2.17. The fourth-order valence-corrected chi connectivity index (χ4v) is 3.50. The summed E-state index contributed by atoms with van der Waals surface area (Å²) in [5.74, 6) is 1.80. The molecule has 0 unspecified atom stereocenters. The fourth-order valence-electron chi connectivity index (χ4n) is 2.76. The first-order valence-electron chi connectivity index (χ1n) is 8.37. The van der Waals surface area contributed by atoms with Gasteiger partial charge in [0.15, 0.2) is 17.1 Å². The van der Waals surface area contributed by atoms with Crippen LogP contribution >= 0.6 is 11.8 Å². The van der Waals surface area contributed by atoms with Crippen molar-refractivity contribution in [3.63, 3.8) is 0 Å². The molecule has 2 heterocycles. The lowest BCUT2D eigenvalue weighted by Gasteiger charge is -2.20. The van der Waals surface area contributed by atoms with Crippen LogP contribution in [0.3, 0.4) is 0 Å². The van der Waals surface area contributed by atoms with Gasteiger partial charge in [-0.3, -0.25) is 4.79 Å². The molecule has 0 aliphatic carbocycles. The van der Waals surface area contributed by atoms with Crippen LogP contribution in [-0.2, 0) is 11.3 Å². The van der Waals surface area contributed by atoms with E-state index < -0.39 is 0 Å². The van der Waals surface area contributed by atoms with Crippen molar-refractivity contribution in [1.82, 2.24) is 9.88 Å². The van der Waals surface area contributed by atoms with Crippen molar-refractivity contribution < 1.29 is 18.7 Å². The van der Waals surface area contributed by atoms with E-state index in [4.69, 9.17) is 13.9 Å². The van der Waals surface area contributed by atoms with Crippen molar-refractivity contribution in [3.8, 4) is 11.5 Å². The number of thioether (sulfide) groups is 1. The molecule has 0 N–H and O–H groups in total. The summed E-state index contributed by atoms with van der Waals surface area (Å²) in [5, 5.41) is 0.513. The Bertz CT molecular complexity index is 907. The first kappa shape index (κ1) is 16.8. The van der Waals surface area contributed by atoms with Crippen LogP contribution in [0.25, 0.3) is 11.1 Å². The minimum Gasteiger partial charge on any atom is -0.454 e. The second-order valence-electron chi connectivity index (χ2n) is 5.83. The van der Waals surface area contributed by atoms with Crippen LogP contribution in [0.2, 0.25) is 0 Å². The molecule has 0 spiro atoms. The predicted octanol–water partition coefficient (Wildman–Crippen LogP) is 3.70. The van der Waals surface area contributed by atoms with Gasteiger partial charge < -0.3 is 18.8 Å². The molecule has 1 aliphatic rings. The number of oxazole rings is 1. The van der Waals surface area contributed by atoms with Crippen LogP contribution in [0.4, 0.5) is 0 Å². The molecule has 0 bridgehead atoms. The first-order valence-corrected chi connectivity index (χ1v) is 9.36. The molecule has 3 aromatic rings. The van der Waals surface area contributed by atoms with Gasteiger partial charge in [0.2, 0.25) is 12.7 Å². The first-order chi connectivity index (χ1) is 12.7. The van der Waals surface area contributed by atoms with Gasteiger partial charge in [0.05, 0.1) is 5.75 Å². The number of para-hydroxylation sites is 2. The molecule has 6 nitrogen and oxygen atoms in total. The summed E-state index contributed by atoms with van der Waals surface area (Å²) < 4.78 is 16.4. The van der Waals surface area contributed by atoms with Crippen molar-refractivity contribution in [2.45, 2.75) is 18.7 Å². The largest absolute Gasteiger partial charge is 0.454 e. The number of rotatable bonds is 6. The smallest absolute Gasteiger partial charge is 0.257 e. The number of carbonyl (C=O) groups is 1. The van der Waals surface area contributed by atoms with E-state index in [0.29, 0.717) is 18.3 Å². The van der Waals surface area contributed by atoms with Crippen LogP contribution in [0, 0.1) is 0 Å². The van der Waals surface area contributed by atoms with E-state index in [0.717, 1.165) is 28.2 Å². The second-order valence-corrected chi connectivity index (χ2v) is 6.76. The minimum atomic E-state index is 0.0393. The van der Waals surface area contributed by atoms with Crippen LogP contribution in [0.15, 0.2) is 52.1 Å². The van der Waals surface area contributed by atoms with E-state index in [-0.39, 0.29) is 18.5 Å². The summed E-state index contributed by atoms with van der Waals surface area (Å²) in [4.78, 5) is 18.8. The average Bonchev–Trinajstić information content (AvgIpc) is 3.29. The third kappa shape index (κ3) is 3.48. The third-order valence-electron chi connectivity index (χ3n) is 4.14. The molecule has 134 valence electrons. The van der Waals surface area contributed by atoms with Crippen molar-refractivity contribution >= 4 is 28.8 Å². The van der Waals surface area contributed by atoms with Gasteiger partial charge in [-0.2, -0.15) is 0 Å². The van der Waals surface area contributed by atoms with Gasteiger partial charge in [0, 0.05) is 13.1 Å². The normalized spacial score (nSPS) is 12.5. The maximum Gasteiger partial charge on any atom is 0.257 e. The van der Waals surface area contributed by atoms with E-state index in [1.165, 1.54) is 11.8 Å². The third-order valence-corrected chi connectivity index (χ3v) is 4.95.